The summed E-state index contributed by atoms with van der Waals surface area (Å²) in [6.07, 6.45) is 2.10. The topological polar surface area (TPSA) is 129 Å². The van der Waals surface area contributed by atoms with E-state index >= 15 is 0 Å². The molecule has 5 rings (SSSR count). The summed E-state index contributed by atoms with van der Waals surface area (Å²) in [5.41, 5.74) is 8.90. The summed E-state index contributed by atoms with van der Waals surface area (Å²) in [5.74, 6) is 0.765. The molecule has 0 fully saturated rings. The van der Waals surface area contributed by atoms with Crippen LogP contribution in [0.15, 0.2) is 42.7 Å². The molecule has 0 spiro atoms. The van der Waals surface area contributed by atoms with Crippen LogP contribution in [-0.2, 0) is 6.54 Å². The molecule has 0 saturated heterocycles. The fraction of sp³-hybridized carbons (Fsp3) is 0.217. The van der Waals surface area contributed by atoms with Crippen molar-refractivity contribution in [2.45, 2.75) is 19.6 Å². The number of carbonyl (C=O) groups excluding carboxylic acids is 1. The molecule has 1 amide bonds. The van der Waals surface area contributed by atoms with Gasteiger partial charge in [0.15, 0.2) is 5.65 Å². The molecular weight excluding hydrogens is 441 g/mol. The third kappa shape index (κ3) is 3.81. The van der Waals surface area contributed by atoms with Crippen molar-refractivity contribution in [2.24, 2.45) is 0 Å². The second-order valence-electron chi connectivity index (χ2n) is 7.85. The molecule has 34 heavy (non-hydrogen) atoms. The molecule has 3 aromatic heterocycles. The van der Waals surface area contributed by atoms with Gasteiger partial charge in [0.1, 0.15) is 34.9 Å². The smallest absolute Gasteiger partial charge is 0.256 e. The lowest BCUT2D eigenvalue weighted by molar-refractivity contribution is 0.0932. The Bertz CT molecular complexity index is 1390. The van der Waals surface area contributed by atoms with Gasteiger partial charge in [-0.15, -0.1) is 0 Å². The Hall–Kier alpha value is -4.41. The lowest BCUT2D eigenvalue weighted by atomic mass is 10.1. The zero-order valence-electron chi connectivity index (χ0n) is 18.5. The Kier molecular flexibility index (Phi) is 5.36. The average molecular weight is 463 g/mol. The monoisotopic (exact) mass is 463 g/mol. The van der Waals surface area contributed by atoms with Crippen molar-refractivity contribution in [1.29, 1.82) is 0 Å². The van der Waals surface area contributed by atoms with E-state index in [-0.39, 0.29) is 36.3 Å². The fourth-order valence-corrected chi connectivity index (χ4v) is 3.79. The summed E-state index contributed by atoms with van der Waals surface area (Å²) >= 11 is 0. The third-order valence-corrected chi connectivity index (χ3v) is 5.51. The first-order valence-electron chi connectivity index (χ1n) is 10.6. The minimum atomic E-state index is -0.495. The number of nitrogens with one attached hydrogen (secondary N) is 2. The lowest BCUT2D eigenvalue weighted by Crippen LogP contribution is -2.33. The van der Waals surface area contributed by atoms with E-state index in [9.17, 15) is 9.18 Å². The van der Waals surface area contributed by atoms with E-state index in [1.54, 1.807) is 26.2 Å². The number of nitrogens with two attached hydrogens (primary N) is 1. The Labute approximate surface area is 193 Å². The van der Waals surface area contributed by atoms with Crippen molar-refractivity contribution in [3.8, 4) is 22.8 Å². The number of ether oxygens (including phenoxy) is 2. The van der Waals surface area contributed by atoms with E-state index in [1.807, 2.05) is 12.1 Å². The molecule has 1 aromatic carbocycles. The van der Waals surface area contributed by atoms with Gasteiger partial charge in [-0.25, -0.2) is 14.4 Å². The van der Waals surface area contributed by atoms with Crippen LogP contribution < -0.4 is 25.8 Å². The highest BCUT2D eigenvalue weighted by Crippen LogP contribution is 2.35. The molecule has 1 aliphatic heterocycles. The quantitative estimate of drug-likeness (QED) is 0.414. The molecule has 4 heterocycles. The van der Waals surface area contributed by atoms with Crippen molar-refractivity contribution >= 4 is 23.2 Å². The van der Waals surface area contributed by atoms with E-state index in [2.05, 4.69) is 25.7 Å². The number of methoxy groups -OCH3 is 1. The maximum atomic E-state index is 14.0. The summed E-state index contributed by atoms with van der Waals surface area (Å²) < 4.78 is 26.6. The largest absolute Gasteiger partial charge is 0.497 e. The number of amides is 1. The van der Waals surface area contributed by atoms with Crippen LogP contribution in [0.25, 0.3) is 16.8 Å². The van der Waals surface area contributed by atoms with Gasteiger partial charge in [0.2, 0.25) is 5.88 Å². The van der Waals surface area contributed by atoms with E-state index in [0.717, 1.165) is 11.8 Å². The molecule has 0 aliphatic carbocycles. The number of halogens is 1. The molecule has 0 saturated carbocycles. The highest BCUT2D eigenvalue weighted by Gasteiger charge is 2.23. The second kappa shape index (κ2) is 8.50. The van der Waals surface area contributed by atoms with Crippen LogP contribution in [0.2, 0.25) is 0 Å². The lowest BCUT2D eigenvalue weighted by Gasteiger charge is -2.18. The summed E-state index contributed by atoms with van der Waals surface area (Å²) in [6.45, 7) is 2.14. The van der Waals surface area contributed by atoms with Crippen molar-refractivity contribution in [2.75, 3.05) is 24.7 Å². The maximum absolute atomic E-state index is 14.0. The molecule has 0 radical (unpaired) electrons. The summed E-state index contributed by atoms with van der Waals surface area (Å²) in [5, 5.41) is 10.3. The summed E-state index contributed by atoms with van der Waals surface area (Å²) in [4.78, 5) is 21.6. The van der Waals surface area contributed by atoms with Gasteiger partial charge in [0.05, 0.1) is 31.6 Å². The molecule has 10 nitrogen and oxygen atoms in total. The molecule has 2 bridgehead atoms. The first-order chi connectivity index (χ1) is 16.4. The SMILES string of the molecule is COc1ccc(-c2c3nc4c(cnn4c2N)C(=O)NC[C@H](C)Oc2ncc(F)cc2CN3)cc1. The van der Waals surface area contributed by atoms with Crippen LogP contribution in [0.5, 0.6) is 11.6 Å². The predicted octanol–water partition coefficient (Wildman–Crippen LogP) is 2.64. The van der Waals surface area contributed by atoms with Crippen LogP contribution in [0, 0.1) is 5.82 Å². The minimum Gasteiger partial charge on any atom is -0.497 e. The van der Waals surface area contributed by atoms with Crippen LogP contribution in [0.4, 0.5) is 16.0 Å². The predicted molar refractivity (Wildman–Crippen MR) is 123 cm³/mol. The maximum Gasteiger partial charge on any atom is 0.256 e. The first kappa shape index (κ1) is 21.4. The zero-order chi connectivity index (χ0) is 23.8. The highest BCUT2D eigenvalue weighted by atomic mass is 19.1. The molecule has 1 atom stereocenters. The Morgan fingerprint density at radius 1 is 1.24 bits per heavy atom. The number of carbonyl (C=O) groups is 1. The Morgan fingerprint density at radius 2 is 2.03 bits per heavy atom. The number of rotatable bonds is 2. The third-order valence-electron chi connectivity index (χ3n) is 5.51. The Balaban J connectivity index is 1.69. The number of nitrogen functional groups attached to an aromatic ring is 1. The molecule has 4 aromatic rings. The number of anilines is 2. The number of fused-ring (bicyclic) bond motifs is 2. The molecule has 1 aliphatic rings. The number of hydrogen-bond acceptors (Lipinski definition) is 8. The first-order valence-corrected chi connectivity index (χ1v) is 10.6. The average Bonchev–Trinajstić information content (AvgIpc) is 3.27. The van der Waals surface area contributed by atoms with Gasteiger partial charge in [-0.05, 0) is 30.7 Å². The highest BCUT2D eigenvalue weighted by molar-refractivity contribution is 6.01. The van der Waals surface area contributed by atoms with E-state index in [1.165, 1.54) is 16.8 Å². The van der Waals surface area contributed by atoms with Crippen LogP contribution >= 0.6 is 0 Å². The Morgan fingerprint density at radius 3 is 2.79 bits per heavy atom. The number of hydrogen-bond donors (Lipinski definition) is 3. The van der Waals surface area contributed by atoms with Crippen molar-refractivity contribution in [3.63, 3.8) is 0 Å². The van der Waals surface area contributed by atoms with Gasteiger partial charge in [-0.3, -0.25) is 4.79 Å². The summed E-state index contributed by atoms with van der Waals surface area (Å²) in [6, 6.07) is 8.64. The zero-order valence-corrected chi connectivity index (χ0v) is 18.5. The number of pyridine rings is 1. The number of nitrogens with zero attached hydrogens (tertiary/aromatic N) is 4. The van der Waals surface area contributed by atoms with Gasteiger partial charge in [0.25, 0.3) is 5.91 Å². The summed E-state index contributed by atoms with van der Waals surface area (Å²) in [7, 11) is 1.58. The van der Waals surface area contributed by atoms with Gasteiger partial charge < -0.3 is 25.8 Å². The van der Waals surface area contributed by atoms with Gasteiger partial charge >= 0.3 is 0 Å². The molecule has 0 unspecified atom stereocenters. The second-order valence-corrected chi connectivity index (χ2v) is 7.85. The van der Waals surface area contributed by atoms with Crippen LogP contribution in [0.1, 0.15) is 22.8 Å². The fourth-order valence-electron chi connectivity index (χ4n) is 3.79. The van der Waals surface area contributed by atoms with Gasteiger partial charge in [-0.1, -0.05) is 12.1 Å². The van der Waals surface area contributed by atoms with Gasteiger partial charge in [-0.2, -0.15) is 9.61 Å². The number of aromatic nitrogens is 4. The number of benzene rings is 1. The standard InChI is InChI=1S/C23H22FN7O3/c1-12-8-27-22(32)17-11-29-31-19(25)18(13-3-5-16(33-2)6-4-13)20(30-21(17)31)26-9-14-7-15(24)10-28-23(14)34-12/h3-7,10-12H,8-9,25H2,1-2H3,(H,26,30)(H,27,32)/t12-/m0/s1. The van der Waals surface area contributed by atoms with Crippen LogP contribution in [0.3, 0.4) is 0 Å². The molecule has 11 heteroatoms. The normalized spacial score (nSPS) is 15.9. The van der Waals surface area contributed by atoms with E-state index < -0.39 is 11.9 Å². The van der Waals surface area contributed by atoms with Crippen molar-refractivity contribution < 1.29 is 18.7 Å². The molecular formula is C23H22FN7O3. The van der Waals surface area contributed by atoms with Crippen molar-refractivity contribution in [3.05, 3.63) is 59.7 Å². The van der Waals surface area contributed by atoms with Gasteiger partial charge in [0, 0.05) is 12.1 Å². The molecule has 174 valence electrons. The van der Waals surface area contributed by atoms with Crippen LogP contribution in [-0.4, -0.2) is 45.2 Å². The molecule has 4 N–H and O–H groups in total. The van der Waals surface area contributed by atoms with E-state index in [0.29, 0.717) is 28.3 Å². The van der Waals surface area contributed by atoms with E-state index in [4.69, 9.17) is 15.2 Å². The van der Waals surface area contributed by atoms with Crippen molar-refractivity contribution in [1.82, 2.24) is 24.9 Å². The minimum absolute atomic E-state index is 0.156.